The molecular weight excluding hydrogens is 359 g/mol. The van der Waals surface area contributed by atoms with Crippen molar-refractivity contribution in [1.29, 1.82) is 0 Å². The van der Waals surface area contributed by atoms with E-state index < -0.39 is 0 Å². The number of halogens is 1. The molecule has 0 bridgehead atoms. The number of amides is 1. The van der Waals surface area contributed by atoms with Gasteiger partial charge in [-0.15, -0.1) is 0 Å². The number of fused-ring (bicyclic) bond motifs is 1. The van der Waals surface area contributed by atoms with E-state index in [-0.39, 0.29) is 21.1 Å². The SMILES string of the molecule is O=C(c1ccc(Br)cc1)N1N=C2CCCCC2[Se]1. The van der Waals surface area contributed by atoms with Crippen LogP contribution in [0.4, 0.5) is 0 Å². The van der Waals surface area contributed by atoms with Crippen molar-refractivity contribution in [2.75, 3.05) is 0 Å². The standard InChI is InChI=1S/C13H13BrN2OSe/c14-10-7-5-9(6-8-10)13(17)16-15-11-3-1-2-4-12(11)18-16/h5-8,12H,1-4H2. The Kier molecular flexibility index (Phi) is 3.55. The summed E-state index contributed by atoms with van der Waals surface area (Å²) in [4.78, 5) is 12.9. The second kappa shape index (κ2) is 5.16. The first-order chi connectivity index (χ1) is 8.74. The molecule has 94 valence electrons. The molecule has 2 aliphatic rings. The van der Waals surface area contributed by atoms with Crippen LogP contribution in [0, 0.1) is 0 Å². The topological polar surface area (TPSA) is 32.7 Å². The molecule has 1 fully saturated rings. The minimum absolute atomic E-state index is 0.0457. The van der Waals surface area contributed by atoms with Gasteiger partial charge in [0.15, 0.2) is 0 Å². The first-order valence-electron chi connectivity index (χ1n) is 6.08. The molecule has 0 radical (unpaired) electrons. The van der Waals surface area contributed by atoms with E-state index in [9.17, 15) is 4.79 Å². The number of hydrogen-bond acceptors (Lipinski definition) is 2. The van der Waals surface area contributed by atoms with Gasteiger partial charge >= 0.3 is 121 Å². The Morgan fingerprint density at radius 3 is 2.83 bits per heavy atom. The summed E-state index contributed by atoms with van der Waals surface area (Å²) in [5.41, 5.74) is 1.98. The maximum atomic E-state index is 12.3. The molecule has 0 spiro atoms. The van der Waals surface area contributed by atoms with Crippen molar-refractivity contribution in [3.63, 3.8) is 0 Å². The minimum atomic E-state index is 0.0457. The Labute approximate surface area is 121 Å². The summed E-state index contributed by atoms with van der Waals surface area (Å²) < 4.78 is 2.70. The molecule has 1 aromatic rings. The molecule has 18 heavy (non-hydrogen) atoms. The van der Waals surface area contributed by atoms with Crippen LogP contribution in [0.15, 0.2) is 33.8 Å². The Balaban J connectivity index is 1.78. The van der Waals surface area contributed by atoms with E-state index in [0.29, 0.717) is 4.82 Å². The summed E-state index contributed by atoms with van der Waals surface area (Å²) in [7, 11) is 0. The molecule has 1 atom stereocenters. The first kappa shape index (κ1) is 12.4. The zero-order chi connectivity index (χ0) is 12.5. The third kappa shape index (κ3) is 2.40. The summed E-state index contributed by atoms with van der Waals surface area (Å²) in [6.07, 6.45) is 4.80. The normalized spacial score (nSPS) is 22.6. The quantitative estimate of drug-likeness (QED) is 0.697. The zero-order valence-electron chi connectivity index (χ0n) is 9.80. The Hall–Kier alpha value is -0.641. The third-order valence-electron chi connectivity index (χ3n) is 3.23. The summed E-state index contributed by atoms with van der Waals surface area (Å²) in [5, 5.41) is 4.53. The van der Waals surface area contributed by atoms with Crippen LogP contribution in [0.3, 0.4) is 0 Å². The van der Waals surface area contributed by atoms with Crippen molar-refractivity contribution in [2.45, 2.75) is 30.5 Å². The molecule has 5 heteroatoms. The predicted molar refractivity (Wildman–Crippen MR) is 75.7 cm³/mol. The Bertz CT molecular complexity index is 500. The number of carbonyl (C=O) groups is 1. The third-order valence-corrected chi connectivity index (χ3v) is 6.30. The number of benzene rings is 1. The molecule has 3 rings (SSSR count). The molecule has 1 amide bonds. The van der Waals surface area contributed by atoms with Crippen LogP contribution in [0.25, 0.3) is 0 Å². The number of carbonyl (C=O) groups excluding carboxylic acids is 1. The average Bonchev–Trinajstić information content (AvgIpc) is 2.82. The van der Waals surface area contributed by atoms with E-state index in [2.05, 4.69) is 21.0 Å². The summed E-state index contributed by atoms with van der Waals surface area (Å²) in [5.74, 6) is 0.0457. The van der Waals surface area contributed by atoms with Crippen LogP contribution < -0.4 is 0 Å². The van der Waals surface area contributed by atoms with Crippen LogP contribution in [0.5, 0.6) is 0 Å². The summed E-state index contributed by atoms with van der Waals surface area (Å²) >= 11 is 3.55. The van der Waals surface area contributed by atoms with Crippen LogP contribution in [0.1, 0.15) is 36.0 Å². The van der Waals surface area contributed by atoms with Crippen LogP contribution >= 0.6 is 15.9 Å². The maximum absolute atomic E-state index is 12.3. The number of hydrogen-bond donors (Lipinski definition) is 0. The Morgan fingerprint density at radius 1 is 1.33 bits per heavy atom. The van der Waals surface area contributed by atoms with E-state index in [0.717, 1.165) is 16.5 Å². The molecule has 1 aliphatic heterocycles. The van der Waals surface area contributed by atoms with E-state index in [1.165, 1.54) is 25.0 Å². The van der Waals surface area contributed by atoms with Gasteiger partial charge in [0.1, 0.15) is 0 Å². The molecule has 1 unspecified atom stereocenters. The van der Waals surface area contributed by atoms with E-state index >= 15 is 0 Å². The molecule has 0 N–H and O–H groups in total. The number of nitrogens with zero attached hydrogens (tertiary/aromatic N) is 2. The monoisotopic (exact) mass is 372 g/mol. The molecule has 1 aliphatic carbocycles. The second-order valence-corrected chi connectivity index (χ2v) is 7.79. The van der Waals surface area contributed by atoms with Crippen molar-refractivity contribution in [3.05, 3.63) is 34.3 Å². The van der Waals surface area contributed by atoms with Crippen LogP contribution in [0.2, 0.25) is 4.82 Å². The zero-order valence-corrected chi connectivity index (χ0v) is 13.1. The van der Waals surface area contributed by atoms with Crippen molar-refractivity contribution in [3.8, 4) is 0 Å². The summed E-state index contributed by atoms with van der Waals surface area (Å²) in [6.45, 7) is 0. The molecular formula is C13H13BrN2OSe. The molecule has 0 saturated heterocycles. The fourth-order valence-electron chi connectivity index (χ4n) is 2.25. The predicted octanol–water partition coefficient (Wildman–Crippen LogP) is 3.24. The van der Waals surface area contributed by atoms with Crippen LogP contribution in [-0.2, 0) is 0 Å². The van der Waals surface area contributed by atoms with Gasteiger partial charge in [0.05, 0.1) is 0 Å². The van der Waals surface area contributed by atoms with Gasteiger partial charge in [-0.3, -0.25) is 0 Å². The van der Waals surface area contributed by atoms with Gasteiger partial charge in [0, 0.05) is 0 Å². The number of rotatable bonds is 1. The van der Waals surface area contributed by atoms with Gasteiger partial charge < -0.3 is 0 Å². The molecule has 1 heterocycles. The van der Waals surface area contributed by atoms with Crippen molar-refractivity contribution < 1.29 is 4.79 Å². The molecule has 0 aromatic heterocycles. The number of hydrazone groups is 1. The fraction of sp³-hybridized carbons (Fsp3) is 0.385. The second-order valence-electron chi connectivity index (χ2n) is 4.52. The molecule has 3 nitrogen and oxygen atoms in total. The summed E-state index contributed by atoms with van der Waals surface area (Å²) in [6, 6.07) is 7.50. The van der Waals surface area contributed by atoms with E-state index in [1.807, 2.05) is 24.3 Å². The van der Waals surface area contributed by atoms with Gasteiger partial charge in [-0.2, -0.15) is 0 Å². The van der Waals surface area contributed by atoms with Crippen molar-refractivity contribution in [2.24, 2.45) is 5.10 Å². The average molecular weight is 372 g/mol. The van der Waals surface area contributed by atoms with Crippen molar-refractivity contribution in [1.82, 2.24) is 4.03 Å². The van der Waals surface area contributed by atoms with E-state index in [4.69, 9.17) is 0 Å². The van der Waals surface area contributed by atoms with Crippen LogP contribution in [-0.4, -0.2) is 30.8 Å². The molecule has 1 aromatic carbocycles. The molecule has 1 saturated carbocycles. The fourth-order valence-corrected chi connectivity index (χ4v) is 4.93. The van der Waals surface area contributed by atoms with Gasteiger partial charge in [0.2, 0.25) is 0 Å². The van der Waals surface area contributed by atoms with Gasteiger partial charge in [-0.05, 0) is 0 Å². The van der Waals surface area contributed by atoms with Crippen molar-refractivity contribution >= 4 is 42.7 Å². The first-order valence-corrected chi connectivity index (χ1v) is 8.63. The van der Waals surface area contributed by atoms with Gasteiger partial charge in [-0.1, -0.05) is 0 Å². The Morgan fingerprint density at radius 2 is 2.11 bits per heavy atom. The van der Waals surface area contributed by atoms with Gasteiger partial charge in [0.25, 0.3) is 0 Å². The van der Waals surface area contributed by atoms with E-state index in [1.54, 1.807) is 4.03 Å². The van der Waals surface area contributed by atoms with Gasteiger partial charge in [-0.25, -0.2) is 0 Å².